The molecule has 0 atom stereocenters. The molecule has 0 heterocycles. The zero-order valence-electron chi connectivity index (χ0n) is 7.93. The highest BCUT2D eigenvalue weighted by Gasteiger charge is 2.05. The van der Waals surface area contributed by atoms with Crippen LogP contribution in [0.15, 0.2) is 24.3 Å². The zero-order chi connectivity index (χ0) is 11.1. The van der Waals surface area contributed by atoms with Crippen molar-refractivity contribution in [2.24, 2.45) is 0 Å². The third kappa shape index (κ3) is 3.29. The molecule has 0 aliphatic rings. The number of aliphatic hydroxyl groups is 1. The van der Waals surface area contributed by atoms with Crippen molar-refractivity contribution in [3.8, 4) is 6.07 Å². The molecule has 0 aliphatic heterocycles. The average Bonchev–Trinajstić information content (AvgIpc) is 2.27. The molecule has 5 heteroatoms. The Bertz CT molecular complexity index is 384. The van der Waals surface area contributed by atoms with Crippen LogP contribution in [0.25, 0.3) is 0 Å². The summed E-state index contributed by atoms with van der Waals surface area (Å²) in [5.41, 5.74) is 0.751. The van der Waals surface area contributed by atoms with Crippen LogP contribution in [-0.4, -0.2) is 24.4 Å². The maximum absolute atomic E-state index is 11.1. The lowest BCUT2D eigenvalue weighted by Gasteiger charge is -2.06. The van der Waals surface area contributed by atoms with Gasteiger partial charge in [-0.2, -0.15) is 5.26 Å². The highest BCUT2D eigenvalue weighted by Crippen LogP contribution is 2.13. The fourth-order valence-corrected chi connectivity index (χ4v) is 0.974. The first kappa shape index (κ1) is 11.0. The number of rotatable bonds is 3. The van der Waals surface area contributed by atoms with Crippen molar-refractivity contribution in [2.75, 3.05) is 18.5 Å². The molecule has 5 nitrogen and oxygen atoms in total. The number of carbonyl (C=O) groups is 1. The number of para-hydroxylation sites is 1. The van der Waals surface area contributed by atoms with Gasteiger partial charge in [-0.25, -0.2) is 4.79 Å². The van der Waals surface area contributed by atoms with Gasteiger partial charge in [0, 0.05) is 0 Å². The summed E-state index contributed by atoms with van der Waals surface area (Å²) in [6.45, 7) is -0.298. The second-order valence-electron chi connectivity index (χ2n) is 2.64. The molecule has 2 N–H and O–H groups in total. The van der Waals surface area contributed by atoms with Crippen LogP contribution in [0.4, 0.5) is 10.5 Å². The molecule has 1 rings (SSSR count). The lowest BCUT2D eigenvalue weighted by atomic mass is 10.2. The fourth-order valence-electron chi connectivity index (χ4n) is 0.974. The minimum absolute atomic E-state index is 0.0689. The lowest BCUT2D eigenvalue weighted by molar-refractivity contribution is 0.131. The summed E-state index contributed by atoms with van der Waals surface area (Å²) in [6, 6.07) is 8.51. The van der Waals surface area contributed by atoms with Gasteiger partial charge in [-0.05, 0) is 12.1 Å². The van der Waals surface area contributed by atoms with Gasteiger partial charge in [0.1, 0.15) is 12.7 Å². The van der Waals surface area contributed by atoms with Gasteiger partial charge in [-0.15, -0.1) is 0 Å². The average molecular weight is 206 g/mol. The molecular formula is C10H10N2O3. The lowest BCUT2D eigenvalue weighted by Crippen LogP contribution is -2.16. The van der Waals surface area contributed by atoms with E-state index in [1.807, 2.05) is 6.07 Å². The minimum atomic E-state index is -0.688. The van der Waals surface area contributed by atoms with Crippen LogP contribution in [0.5, 0.6) is 0 Å². The third-order valence-electron chi connectivity index (χ3n) is 1.61. The summed E-state index contributed by atoms with van der Waals surface area (Å²) in [7, 11) is 0. The molecule has 1 amide bonds. The normalized spacial score (nSPS) is 9.07. The van der Waals surface area contributed by atoms with Crippen molar-refractivity contribution < 1.29 is 14.6 Å². The van der Waals surface area contributed by atoms with Gasteiger partial charge >= 0.3 is 6.09 Å². The summed E-state index contributed by atoms with van der Waals surface area (Å²) in [6.07, 6.45) is -0.688. The Morgan fingerprint density at radius 2 is 2.27 bits per heavy atom. The number of nitrogens with one attached hydrogen (secondary N) is 1. The number of benzene rings is 1. The first-order chi connectivity index (χ1) is 7.27. The van der Waals surface area contributed by atoms with Crippen molar-refractivity contribution in [1.29, 1.82) is 5.26 Å². The van der Waals surface area contributed by atoms with E-state index >= 15 is 0 Å². The summed E-state index contributed by atoms with van der Waals surface area (Å²) in [5.74, 6) is 0. The van der Waals surface area contributed by atoms with E-state index in [1.54, 1.807) is 24.3 Å². The van der Waals surface area contributed by atoms with Crippen LogP contribution >= 0.6 is 0 Å². The molecule has 78 valence electrons. The predicted octanol–water partition coefficient (Wildman–Crippen LogP) is 1.10. The fraction of sp³-hybridized carbons (Fsp3) is 0.200. The minimum Gasteiger partial charge on any atom is -0.447 e. The maximum Gasteiger partial charge on any atom is 0.411 e. The van der Waals surface area contributed by atoms with Crippen LogP contribution in [-0.2, 0) is 4.74 Å². The second kappa shape index (κ2) is 5.62. The number of anilines is 1. The number of ether oxygens (including phenoxy) is 1. The molecule has 0 saturated carbocycles. The van der Waals surface area contributed by atoms with E-state index in [0.29, 0.717) is 11.3 Å². The quantitative estimate of drug-likeness (QED) is 0.775. The molecule has 0 fully saturated rings. The molecule has 0 unspecified atom stereocenters. The smallest absolute Gasteiger partial charge is 0.411 e. The van der Waals surface area contributed by atoms with Crippen LogP contribution in [0.1, 0.15) is 5.56 Å². The van der Waals surface area contributed by atoms with Gasteiger partial charge in [-0.3, -0.25) is 5.32 Å². The van der Waals surface area contributed by atoms with E-state index in [-0.39, 0.29) is 13.2 Å². The standard InChI is InChI=1S/C10H10N2O3/c11-7-8-3-1-2-4-9(8)12-10(14)15-6-5-13/h1-4,13H,5-6H2,(H,12,14). The highest BCUT2D eigenvalue weighted by atomic mass is 16.6. The molecule has 1 aromatic carbocycles. The number of nitrogens with zero attached hydrogens (tertiary/aromatic N) is 1. The van der Waals surface area contributed by atoms with Gasteiger partial charge in [0.15, 0.2) is 0 Å². The monoisotopic (exact) mass is 206 g/mol. The molecule has 1 aromatic rings. The van der Waals surface area contributed by atoms with Crippen LogP contribution in [0.2, 0.25) is 0 Å². The van der Waals surface area contributed by atoms with Gasteiger partial charge in [0.25, 0.3) is 0 Å². The number of aliphatic hydroxyl groups excluding tert-OH is 1. The molecule has 0 aliphatic carbocycles. The molecule has 0 aromatic heterocycles. The molecule has 0 bridgehead atoms. The molecule has 0 spiro atoms. The van der Waals surface area contributed by atoms with Gasteiger partial charge in [0.2, 0.25) is 0 Å². The van der Waals surface area contributed by atoms with E-state index in [9.17, 15) is 4.79 Å². The Morgan fingerprint density at radius 3 is 2.93 bits per heavy atom. The Morgan fingerprint density at radius 1 is 1.53 bits per heavy atom. The molecular weight excluding hydrogens is 196 g/mol. The number of carbonyl (C=O) groups excluding carboxylic acids is 1. The van der Waals surface area contributed by atoms with Gasteiger partial charge < -0.3 is 9.84 Å². The molecule has 0 radical (unpaired) electrons. The SMILES string of the molecule is N#Cc1ccccc1NC(=O)OCCO. The van der Waals surface area contributed by atoms with E-state index in [1.165, 1.54) is 0 Å². The van der Waals surface area contributed by atoms with E-state index in [2.05, 4.69) is 10.1 Å². The van der Waals surface area contributed by atoms with E-state index in [4.69, 9.17) is 10.4 Å². The van der Waals surface area contributed by atoms with Crippen molar-refractivity contribution in [2.45, 2.75) is 0 Å². The van der Waals surface area contributed by atoms with Gasteiger partial charge in [-0.1, -0.05) is 12.1 Å². The third-order valence-corrected chi connectivity index (χ3v) is 1.61. The van der Waals surface area contributed by atoms with Crippen molar-refractivity contribution in [3.05, 3.63) is 29.8 Å². The van der Waals surface area contributed by atoms with Crippen molar-refractivity contribution in [1.82, 2.24) is 0 Å². The number of amides is 1. The van der Waals surface area contributed by atoms with Gasteiger partial charge in [0.05, 0.1) is 17.9 Å². The van der Waals surface area contributed by atoms with Crippen LogP contribution < -0.4 is 5.32 Å². The predicted molar refractivity (Wildman–Crippen MR) is 53.2 cm³/mol. The van der Waals surface area contributed by atoms with Crippen molar-refractivity contribution >= 4 is 11.8 Å². The number of nitriles is 1. The Labute approximate surface area is 86.9 Å². The molecule has 15 heavy (non-hydrogen) atoms. The maximum atomic E-state index is 11.1. The summed E-state index contributed by atoms with van der Waals surface area (Å²) < 4.78 is 4.59. The molecule has 0 saturated heterocycles. The van der Waals surface area contributed by atoms with E-state index < -0.39 is 6.09 Å². The summed E-state index contributed by atoms with van der Waals surface area (Å²) in [5, 5.41) is 19.6. The Balaban J connectivity index is 2.64. The summed E-state index contributed by atoms with van der Waals surface area (Å²) >= 11 is 0. The van der Waals surface area contributed by atoms with Crippen LogP contribution in [0, 0.1) is 11.3 Å². The Hall–Kier alpha value is -2.06. The first-order valence-corrected chi connectivity index (χ1v) is 4.31. The number of hydrogen-bond acceptors (Lipinski definition) is 4. The largest absolute Gasteiger partial charge is 0.447 e. The summed E-state index contributed by atoms with van der Waals surface area (Å²) in [4.78, 5) is 11.1. The van der Waals surface area contributed by atoms with Crippen molar-refractivity contribution in [3.63, 3.8) is 0 Å². The zero-order valence-corrected chi connectivity index (χ0v) is 7.93. The van der Waals surface area contributed by atoms with E-state index in [0.717, 1.165) is 0 Å². The number of hydrogen-bond donors (Lipinski definition) is 2. The highest BCUT2D eigenvalue weighted by molar-refractivity contribution is 5.86. The van der Waals surface area contributed by atoms with Crippen LogP contribution in [0.3, 0.4) is 0 Å². The Kier molecular flexibility index (Phi) is 4.13. The first-order valence-electron chi connectivity index (χ1n) is 4.31. The second-order valence-corrected chi connectivity index (χ2v) is 2.64. The topological polar surface area (TPSA) is 82.4 Å².